The highest BCUT2D eigenvalue weighted by Gasteiger charge is 2.11. The van der Waals surface area contributed by atoms with Gasteiger partial charge in [-0.15, -0.1) is 22.7 Å². The minimum absolute atomic E-state index is 0.814. The number of nitrogens with one attached hydrogen (secondary N) is 1. The van der Waals surface area contributed by atoms with Gasteiger partial charge < -0.3 is 5.32 Å². The smallest absolute Gasteiger partial charge is 0.194 e. The first kappa shape index (κ1) is 12.8. The zero-order valence-corrected chi connectivity index (χ0v) is 12.9. The fourth-order valence-electron chi connectivity index (χ4n) is 2.15. The van der Waals surface area contributed by atoms with Crippen LogP contribution in [0.3, 0.4) is 0 Å². The maximum atomic E-state index is 4.59. The summed E-state index contributed by atoms with van der Waals surface area (Å²) in [6.45, 7) is 7.92. The first-order valence-electron chi connectivity index (χ1n) is 6.19. The molecule has 0 fully saturated rings. The molecule has 0 aliphatic heterocycles. The average molecular weight is 292 g/mol. The Morgan fingerprint density at radius 3 is 2.84 bits per heavy atom. The summed E-state index contributed by atoms with van der Waals surface area (Å²) < 4.78 is 2.24. The number of hydrogen-bond acceptors (Lipinski definition) is 5. The SMILES string of the molecule is Cc1cnc(CNCc2c(C)nc3scc(C)n23)s1. The summed E-state index contributed by atoms with van der Waals surface area (Å²) in [6, 6.07) is 0. The van der Waals surface area contributed by atoms with Crippen molar-refractivity contribution in [2.45, 2.75) is 33.9 Å². The molecule has 100 valence electrons. The lowest BCUT2D eigenvalue weighted by Gasteiger charge is -2.04. The van der Waals surface area contributed by atoms with Gasteiger partial charge in [-0.05, 0) is 20.8 Å². The average Bonchev–Trinajstić information content (AvgIpc) is 3.01. The Kier molecular flexibility index (Phi) is 3.38. The predicted octanol–water partition coefficient (Wildman–Crippen LogP) is 3.07. The number of thiazole rings is 2. The highest BCUT2D eigenvalue weighted by molar-refractivity contribution is 7.15. The Balaban J connectivity index is 1.74. The van der Waals surface area contributed by atoms with E-state index in [0.29, 0.717) is 0 Å². The molecule has 3 aromatic rings. The molecule has 0 bridgehead atoms. The molecule has 0 atom stereocenters. The summed E-state index contributed by atoms with van der Waals surface area (Å²) in [5.41, 5.74) is 3.61. The number of imidazole rings is 1. The van der Waals surface area contributed by atoms with Crippen LogP contribution in [-0.4, -0.2) is 14.4 Å². The monoisotopic (exact) mass is 292 g/mol. The molecule has 0 aliphatic carbocycles. The van der Waals surface area contributed by atoms with E-state index in [-0.39, 0.29) is 0 Å². The predicted molar refractivity (Wildman–Crippen MR) is 79.9 cm³/mol. The lowest BCUT2D eigenvalue weighted by atomic mass is 10.3. The zero-order valence-electron chi connectivity index (χ0n) is 11.2. The van der Waals surface area contributed by atoms with Crippen LogP contribution in [0, 0.1) is 20.8 Å². The second kappa shape index (κ2) is 5.03. The van der Waals surface area contributed by atoms with Crippen LogP contribution in [0.2, 0.25) is 0 Å². The summed E-state index contributed by atoms with van der Waals surface area (Å²) in [4.78, 5) is 11.3. The third-order valence-electron chi connectivity index (χ3n) is 3.07. The number of nitrogens with zero attached hydrogens (tertiary/aromatic N) is 3. The van der Waals surface area contributed by atoms with E-state index in [9.17, 15) is 0 Å². The molecule has 19 heavy (non-hydrogen) atoms. The van der Waals surface area contributed by atoms with E-state index in [0.717, 1.165) is 28.8 Å². The van der Waals surface area contributed by atoms with Crippen LogP contribution in [0.1, 0.15) is 27.0 Å². The van der Waals surface area contributed by atoms with Crippen LogP contribution >= 0.6 is 22.7 Å². The molecule has 0 unspecified atom stereocenters. The van der Waals surface area contributed by atoms with Crippen molar-refractivity contribution in [3.8, 4) is 0 Å². The van der Waals surface area contributed by atoms with Gasteiger partial charge in [0.2, 0.25) is 0 Å². The van der Waals surface area contributed by atoms with E-state index in [1.165, 1.54) is 16.3 Å². The van der Waals surface area contributed by atoms with Crippen molar-refractivity contribution in [3.63, 3.8) is 0 Å². The molecule has 0 amide bonds. The van der Waals surface area contributed by atoms with E-state index < -0.39 is 0 Å². The van der Waals surface area contributed by atoms with Gasteiger partial charge in [0.15, 0.2) is 4.96 Å². The van der Waals surface area contributed by atoms with E-state index in [4.69, 9.17) is 0 Å². The van der Waals surface area contributed by atoms with Crippen molar-refractivity contribution in [2.75, 3.05) is 0 Å². The Hall–Kier alpha value is -1.24. The van der Waals surface area contributed by atoms with Gasteiger partial charge in [-0.1, -0.05) is 0 Å². The molecule has 0 spiro atoms. The van der Waals surface area contributed by atoms with Gasteiger partial charge in [0.1, 0.15) is 5.01 Å². The summed E-state index contributed by atoms with van der Waals surface area (Å²) in [6.07, 6.45) is 1.92. The molecule has 6 heteroatoms. The van der Waals surface area contributed by atoms with Crippen molar-refractivity contribution in [2.24, 2.45) is 0 Å². The van der Waals surface area contributed by atoms with E-state index in [2.05, 4.69) is 45.8 Å². The normalized spacial score (nSPS) is 11.5. The second-order valence-corrected chi connectivity index (χ2v) is 6.76. The Morgan fingerprint density at radius 1 is 1.26 bits per heavy atom. The molecule has 1 N–H and O–H groups in total. The van der Waals surface area contributed by atoms with Gasteiger partial charge >= 0.3 is 0 Å². The zero-order chi connectivity index (χ0) is 13.4. The van der Waals surface area contributed by atoms with Gasteiger partial charge in [-0.2, -0.15) is 0 Å². The van der Waals surface area contributed by atoms with Gasteiger partial charge in [0.25, 0.3) is 0 Å². The van der Waals surface area contributed by atoms with Crippen molar-refractivity contribution >= 4 is 27.6 Å². The number of rotatable bonds is 4. The van der Waals surface area contributed by atoms with E-state index >= 15 is 0 Å². The molecule has 0 saturated heterocycles. The fraction of sp³-hybridized carbons (Fsp3) is 0.385. The Morgan fingerprint density at radius 2 is 2.11 bits per heavy atom. The van der Waals surface area contributed by atoms with Crippen LogP contribution in [0.15, 0.2) is 11.6 Å². The topological polar surface area (TPSA) is 42.2 Å². The van der Waals surface area contributed by atoms with Crippen LogP contribution in [0.5, 0.6) is 0 Å². The van der Waals surface area contributed by atoms with Gasteiger partial charge in [-0.25, -0.2) is 9.97 Å². The van der Waals surface area contributed by atoms with Crippen molar-refractivity contribution in [3.05, 3.63) is 38.5 Å². The summed E-state index contributed by atoms with van der Waals surface area (Å²) >= 11 is 3.44. The first-order valence-corrected chi connectivity index (χ1v) is 7.89. The number of aromatic nitrogens is 3. The van der Waals surface area contributed by atoms with Crippen LogP contribution in [-0.2, 0) is 13.1 Å². The first-order chi connectivity index (χ1) is 9.15. The van der Waals surface area contributed by atoms with Gasteiger partial charge in [-0.3, -0.25) is 4.40 Å². The van der Waals surface area contributed by atoms with Crippen molar-refractivity contribution in [1.29, 1.82) is 0 Å². The van der Waals surface area contributed by atoms with Crippen LogP contribution in [0.25, 0.3) is 4.96 Å². The third kappa shape index (κ3) is 2.43. The quantitative estimate of drug-likeness (QED) is 0.803. The molecular formula is C13H16N4S2. The molecule has 0 saturated carbocycles. The standard InChI is InChI=1S/C13H16N4S2/c1-8-7-18-13-16-10(3)11(17(8)13)5-14-6-12-15-4-9(2)19-12/h4,7,14H,5-6H2,1-3H3. The third-order valence-corrected chi connectivity index (χ3v) is 4.92. The maximum Gasteiger partial charge on any atom is 0.194 e. The Bertz CT molecular complexity index is 707. The Labute approximate surface area is 120 Å². The molecular weight excluding hydrogens is 276 g/mol. The fourth-order valence-corrected chi connectivity index (χ4v) is 3.83. The van der Waals surface area contributed by atoms with Gasteiger partial charge in [0.05, 0.1) is 11.4 Å². The molecule has 0 radical (unpaired) electrons. The number of aryl methyl sites for hydroxylation is 3. The van der Waals surface area contributed by atoms with E-state index in [1.807, 2.05) is 6.20 Å². The molecule has 0 aliphatic rings. The van der Waals surface area contributed by atoms with Crippen LogP contribution < -0.4 is 5.32 Å². The molecule has 3 heterocycles. The number of fused-ring (bicyclic) bond motifs is 1. The van der Waals surface area contributed by atoms with Crippen molar-refractivity contribution in [1.82, 2.24) is 19.7 Å². The molecule has 3 rings (SSSR count). The molecule has 3 aromatic heterocycles. The lowest BCUT2D eigenvalue weighted by molar-refractivity contribution is 0.668. The summed E-state index contributed by atoms with van der Waals surface area (Å²) in [5, 5.41) is 6.74. The van der Waals surface area contributed by atoms with E-state index in [1.54, 1.807) is 22.7 Å². The highest BCUT2D eigenvalue weighted by atomic mass is 32.1. The molecule has 0 aromatic carbocycles. The van der Waals surface area contributed by atoms with Crippen molar-refractivity contribution < 1.29 is 0 Å². The maximum absolute atomic E-state index is 4.59. The van der Waals surface area contributed by atoms with Crippen LogP contribution in [0.4, 0.5) is 0 Å². The molecule has 4 nitrogen and oxygen atoms in total. The summed E-state index contributed by atoms with van der Waals surface area (Å²) in [5.74, 6) is 0. The largest absolute Gasteiger partial charge is 0.305 e. The number of hydrogen-bond donors (Lipinski definition) is 1. The van der Waals surface area contributed by atoms with Gasteiger partial charge in [0, 0.05) is 35.2 Å². The second-order valence-electron chi connectivity index (χ2n) is 4.61. The summed E-state index contributed by atoms with van der Waals surface area (Å²) in [7, 11) is 0. The minimum Gasteiger partial charge on any atom is -0.305 e. The highest BCUT2D eigenvalue weighted by Crippen LogP contribution is 2.20. The minimum atomic E-state index is 0.814. The lowest BCUT2D eigenvalue weighted by Crippen LogP contribution is -2.14.